The van der Waals surface area contributed by atoms with E-state index in [9.17, 15) is 14.7 Å². The fourth-order valence-corrected chi connectivity index (χ4v) is 3.92. The first-order valence-corrected chi connectivity index (χ1v) is 10.3. The van der Waals surface area contributed by atoms with E-state index in [2.05, 4.69) is 5.10 Å². The number of amides is 1. The van der Waals surface area contributed by atoms with Gasteiger partial charge in [0, 0.05) is 32.3 Å². The molecular formula is C20H23Cl2N3O5. The van der Waals surface area contributed by atoms with E-state index in [4.69, 9.17) is 32.7 Å². The molecule has 0 unspecified atom stereocenters. The molecule has 1 amide bonds. The zero-order chi connectivity index (χ0) is 21.8. The minimum Gasteiger partial charge on any atom is -0.465 e. The molecular weight excluding hydrogens is 433 g/mol. The van der Waals surface area contributed by atoms with Crippen LogP contribution in [0, 0.1) is 5.92 Å². The van der Waals surface area contributed by atoms with Crippen LogP contribution < -0.4 is 0 Å². The van der Waals surface area contributed by atoms with E-state index in [0.29, 0.717) is 27.7 Å². The summed E-state index contributed by atoms with van der Waals surface area (Å²) in [6, 6.07) is 5.22. The summed E-state index contributed by atoms with van der Waals surface area (Å²) < 4.78 is 12.7. The highest BCUT2D eigenvalue weighted by atomic mass is 35.5. The summed E-state index contributed by atoms with van der Waals surface area (Å²) in [4.78, 5) is 25.3. The average molecular weight is 456 g/mol. The first-order chi connectivity index (χ1) is 14.3. The zero-order valence-electron chi connectivity index (χ0n) is 16.7. The maximum absolute atomic E-state index is 12.4. The van der Waals surface area contributed by atoms with Gasteiger partial charge in [0.25, 0.3) is 0 Å². The number of aryl methyl sites for hydroxylation is 1. The van der Waals surface area contributed by atoms with Gasteiger partial charge in [-0.05, 0) is 31.0 Å². The number of carbonyl (C=O) groups excluding carboxylic acids is 1. The first-order valence-electron chi connectivity index (χ1n) is 9.54. The van der Waals surface area contributed by atoms with E-state index in [1.165, 1.54) is 4.90 Å². The van der Waals surface area contributed by atoms with Crippen molar-refractivity contribution in [3.63, 3.8) is 0 Å². The first kappa shape index (κ1) is 22.4. The molecule has 0 saturated carbocycles. The van der Waals surface area contributed by atoms with Crippen molar-refractivity contribution in [2.75, 3.05) is 26.3 Å². The van der Waals surface area contributed by atoms with E-state index < -0.39 is 18.2 Å². The lowest BCUT2D eigenvalue weighted by Crippen LogP contribution is -2.35. The van der Waals surface area contributed by atoms with Crippen LogP contribution in [0.5, 0.6) is 0 Å². The van der Waals surface area contributed by atoms with Crippen molar-refractivity contribution in [1.29, 1.82) is 0 Å². The topological polar surface area (TPSA) is 93.9 Å². The normalized spacial score (nSPS) is 19.4. The second-order valence-corrected chi connectivity index (χ2v) is 7.86. The Morgan fingerprint density at radius 3 is 2.77 bits per heavy atom. The zero-order valence-corrected chi connectivity index (χ0v) is 18.2. The molecule has 0 spiro atoms. The Kier molecular flexibility index (Phi) is 7.23. The van der Waals surface area contributed by atoms with Gasteiger partial charge in [-0.3, -0.25) is 4.68 Å². The molecule has 1 aromatic heterocycles. The molecule has 3 rings (SSSR count). The molecule has 30 heavy (non-hydrogen) atoms. The molecule has 1 aliphatic heterocycles. The molecule has 0 radical (unpaired) electrons. The van der Waals surface area contributed by atoms with Crippen molar-refractivity contribution < 1.29 is 24.2 Å². The number of benzene rings is 1. The van der Waals surface area contributed by atoms with Crippen molar-refractivity contribution in [1.82, 2.24) is 14.7 Å². The third-order valence-corrected chi connectivity index (χ3v) is 5.68. The predicted molar refractivity (Wildman–Crippen MR) is 111 cm³/mol. The number of rotatable bonds is 5. The van der Waals surface area contributed by atoms with Crippen LogP contribution in [0.15, 0.2) is 24.4 Å². The van der Waals surface area contributed by atoms with E-state index in [1.807, 2.05) is 6.07 Å². The van der Waals surface area contributed by atoms with E-state index in [1.54, 1.807) is 37.0 Å². The third kappa shape index (κ3) is 5.06. The number of esters is 1. The average Bonchev–Trinajstić information content (AvgIpc) is 2.92. The van der Waals surface area contributed by atoms with Gasteiger partial charge in [0.05, 0.1) is 35.1 Å². The Labute approximate surface area is 184 Å². The number of carbonyl (C=O) groups is 2. The second kappa shape index (κ2) is 9.68. The molecule has 0 bridgehead atoms. The fourth-order valence-electron chi connectivity index (χ4n) is 3.61. The van der Waals surface area contributed by atoms with Gasteiger partial charge >= 0.3 is 12.1 Å². The number of hydrogen-bond donors (Lipinski definition) is 1. The van der Waals surface area contributed by atoms with E-state index >= 15 is 0 Å². The monoisotopic (exact) mass is 455 g/mol. The summed E-state index contributed by atoms with van der Waals surface area (Å²) in [6.07, 6.45) is 0.462. The highest BCUT2D eigenvalue weighted by Crippen LogP contribution is 2.35. The van der Waals surface area contributed by atoms with Crippen LogP contribution in [0.2, 0.25) is 10.0 Å². The van der Waals surface area contributed by atoms with Crippen molar-refractivity contribution in [2.24, 2.45) is 13.0 Å². The highest BCUT2D eigenvalue weighted by molar-refractivity contribution is 6.42. The summed E-state index contributed by atoms with van der Waals surface area (Å²) in [5.41, 5.74) is 1.68. The van der Waals surface area contributed by atoms with E-state index in [0.717, 1.165) is 5.56 Å². The molecule has 1 fully saturated rings. The Bertz CT molecular complexity index is 933. The van der Waals surface area contributed by atoms with Crippen LogP contribution in [0.4, 0.5) is 4.79 Å². The highest BCUT2D eigenvalue weighted by Gasteiger charge is 2.33. The molecule has 2 atom stereocenters. The lowest BCUT2D eigenvalue weighted by molar-refractivity contribution is 0.0300. The van der Waals surface area contributed by atoms with Crippen molar-refractivity contribution >= 4 is 35.3 Å². The SMILES string of the molecule is CCOC(=O)c1cn(C)nc1C[C@@H]1CN(C(=O)O)CCO[C@H]1c1ccc(Cl)c(Cl)c1. The summed E-state index contributed by atoms with van der Waals surface area (Å²) in [6.45, 7) is 2.69. The van der Waals surface area contributed by atoms with Gasteiger partial charge in [-0.1, -0.05) is 29.3 Å². The maximum atomic E-state index is 12.4. The van der Waals surface area contributed by atoms with Gasteiger partial charge in [-0.25, -0.2) is 9.59 Å². The van der Waals surface area contributed by atoms with Crippen LogP contribution >= 0.6 is 23.2 Å². The number of hydrogen-bond acceptors (Lipinski definition) is 5. The standard InChI is InChI=1S/C20H23Cl2N3O5/c1-3-29-19(26)14-11-24(2)23-17(14)9-13-10-25(20(27)28)6-7-30-18(13)12-4-5-15(21)16(22)8-12/h4-5,8,11,13,18H,3,6-7,9-10H2,1-2H3,(H,27,28)/t13-,18+/m1/s1. The molecule has 1 aliphatic rings. The second-order valence-electron chi connectivity index (χ2n) is 7.04. The van der Waals surface area contributed by atoms with Crippen LogP contribution in [0.25, 0.3) is 0 Å². The van der Waals surface area contributed by atoms with Gasteiger partial charge in [-0.15, -0.1) is 0 Å². The molecule has 10 heteroatoms. The largest absolute Gasteiger partial charge is 0.465 e. The Balaban J connectivity index is 1.96. The smallest absolute Gasteiger partial charge is 0.407 e. The number of halogens is 2. The summed E-state index contributed by atoms with van der Waals surface area (Å²) in [5, 5.41) is 14.8. The molecule has 8 nitrogen and oxygen atoms in total. The molecule has 2 aromatic rings. The Hall–Kier alpha value is -2.29. The van der Waals surface area contributed by atoms with Crippen molar-refractivity contribution in [3.8, 4) is 0 Å². The van der Waals surface area contributed by atoms with E-state index in [-0.39, 0.29) is 32.2 Å². The quantitative estimate of drug-likeness (QED) is 0.688. The van der Waals surface area contributed by atoms with Crippen molar-refractivity contribution in [3.05, 3.63) is 51.3 Å². The molecule has 162 valence electrons. The molecule has 1 saturated heterocycles. The number of aromatic nitrogens is 2. The van der Waals surface area contributed by atoms with Crippen LogP contribution in [-0.4, -0.2) is 58.2 Å². The van der Waals surface area contributed by atoms with Gasteiger partial charge < -0.3 is 19.5 Å². The van der Waals surface area contributed by atoms with Crippen LogP contribution in [0.3, 0.4) is 0 Å². The van der Waals surface area contributed by atoms with Crippen molar-refractivity contribution in [2.45, 2.75) is 19.4 Å². The van der Waals surface area contributed by atoms with Crippen LogP contribution in [0.1, 0.15) is 34.6 Å². The van der Waals surface area contributed by atoms with Gasteiger partial charge in [0.1, 0.15) is 5.56 Å². The minimum absolute atomic E-state index is 0.221. The summed E-state index contributed by atoms with van der Waals surface area (Å²) >= 11 is 12.2. The molecule has 1 aromatic carbocycles. The molecule has 1 N–H and O–H groups in total. The lowest BCUT2D eigenvalue weighted by atomic mass is 9.90. The van der Waals surface area contributed by atoms with Gasteiger partial charge in [0.2, 0.25) is 0 Å². The van der Waals surface area contributed by atoms with Crippen LogP contribution in [-0.2, 0) is 22.9 Å². The maximum Gasteiger partial charge on any atom is 0.407 e. The predicted octanol–water partition coefficient (Wildman–Crippen LogP) is 3.81. The Morgan fingerprint density at radius 2 is 2.10 bits per heavy atom. The minimum atomic E-state index is -1.02. The number of nitrogens with zero attached hydrogens (tertiary/aromatic N) is 3. The number of ether oxygens (including phenoxy) is 2. The third-order valence-electron chi connectivity index (χ3n) is 4.94. The lowest BCUT2D eigenvalue weighted by Gasteiger charge is -2.27. The fraction of sp³-hybridized carbons (Fsp3) is 0.450. The summed E-state index contributed by atoms with van der Waals surface area (Å²) in [7, 11) is 1.72. The molecule has 2 heterocycles. The van der Waals surface area contributed by atoms with Gasteiger partial charge in [0.15, 0.2) is 0 Å². The summed E-state index contributed by atoms with van der Waals surface area (Å²) in [5.74, 6) is -0.764. The molecule has 0 aliphatic carbocycles. The van der Waals surface area contributed by atoms with Gasteiger partial charge in [-0.2, -0.15) is 5.10 Å². The number of carboxylic acid groups (broad SMARTS) is 1. The Morgan fingerprint density at radius 1 is 1.33 bits per heavy atom.